The molecule has 10 heteroatoms. The lowest BCUT2D eigenvalue weighted by atomic mass is 9.44. The van der Waals surface area contributed by atoms with Gasteiger partial charge >= 0.3 is 0 Å². The van der Waals surface area contributed by atoms with Crippen LogP contribution in [0.5, 0.6) is 0 Å². The number of rotatable bonds is 7. The van der Waals surface area contributed by atoms with Crippen LogP contribution in [0.1, 0.15) is 51.4 Å². The van der Waals surface area contributed by atoms with E-state index in [9.17, 15) is 9.90 Å². The Bertz CT molecular complexity index is 704. The van der Waals surface area contributed by atoms with Crippen LogP contribution in [0, 0.1) is 28.6 Å². The van der Waals surface area contributed by atoms with Crippen LogP contribution >= 0.6 is 24.8 Å². The summed E-state index contributed by atoms with van der Waals surface area (Å²) in [4.78, 5) is 17.2. The van der Waals surface area contributed by atoms with Gasteiger partial charge in [0, 0.05) is 32.8 Å². The summed E-state index contributed by atoms with van der Waals surface area (Å²) >= 11 is 0. The van der Waals surface area contributed by atoms with Gasteiger partial charge in [0.25, 0.3) is 0 Å². The molecule has 6 rings (SSSR count). The number of ether oxygens (including phenoxy) is 1. The number of guanidine groups is 1. The molecule has 0 radical (unpaired) electrons. The van der Waals surface area contributed by atoms with Crippen molar-refractivity contribution in [1.82, 2.24) is 16.0 Å². The number of aliphatic imine (C=N–C) groups is 1. The second-order valence-corrected chi connectivity index (χ2v) is 11.3. The van der Waals surface area contributed by atoms with Crippen molar-refractivity contribution in [3.8, 4) is 0 Å². The summed E-state index contributed by atoms with van der Waals surface area (Å²) in [7, 11) is 0. The van der Waals surface area contributed by atoms with Crippen LogP contribution in [-0.2, 0) is 9.53 Å². The third-order valence-corrected chi connectivity index (χ3v) is 8.49. The molecule has 4 aliphatic carbocycles. The molecule has 33 heavy (non-hydrogen) atoms. The molecule has 0 spiro atoms. The summed E-state index contributed by atoms with van der Waals surface area (Å²) < 4.78 is 5.43. The zero-order valence-corrected chi connectivity index (χ0v) is 21.0. The topological polar surface area (TPSA) is 121 Å². The monoisotopic (exact) mass is 505 g/mol. The maximum atomic E-state index is 12.7. The van der Waals surface area contributed by atoms with Crippen LogP contribution in [0.4, 0.5) is 0 Å². The standard InChI is InChI=1S/C23H39N5O3.2ClH/c24-19(4-15-1-2-31-11-15)20(30)27-13-22-5-16-3-17(6-22)8-23(7-16,12-22)14-28-21-25-9-18(29)10-26-21;;/h15-19,29H,1-14,24H2,(H,27,30)(H2,25,26,28);2*1H. The van der Waals surface area contributed by atoms with Crippen LogP contribution in [0.3, 0.4) is 0 Å². The number of β-amino-alcohol motifs (C(OH)–C–C–N with tert-alkyl or cyclic N) is 1. The molecule has 0 aromatic carbocycles. The van der Waals surface area contributed by atoms with Gasteiger partial charge in [-0.1, -0.05) is 0 Å². The molecule has 0 aromatic heterocycles. The van der Waals surface area contributed by atoms with E-state index in [1.54, 1.807) is 0 Å². The fourth-order valence-electron chi connectivity index (χ4n) is 7.63. The van der Waals surface area contributed by atoms with Crippen molar-refractivity contribution in [2.24, 2.45) is 39.3 Å². The molecule has 6 N–H and O–H groups in total. The normalized spacial score (nSPS) is 39.5. The number of nitrogens with two attached hydrogens (primary N) is 1. The van der Waals surface area contributed by atoms with Gasteiger partial charge in [-0.2, -0.15) is 0 Å². The first-order valence-corrected chi connectivity index (χ1v) is 12.2. The first-order valence-electron chi connectivity index (χ1n) is 12.2. The van der Waals surface area contributed by atoms with Gasteiger partial charge in [0.2, 0.25) is 5.91 Å². The van der Waals surface area contributed by atoms with Crippen molar-refractivity contribution in [3.05, 3.63) is 0 Å². The van der Waals surface area contributed by atoms with Crippen molar-refractivity contribution in [1.29, 1.82) is 0 Å². The Morgan fingerprint density at radius 1 is 1.21 bits per heavy atom. The Labute approximate surface area is 209 Å². The largest absolute Gasteiger partial charge is 0.389 e. The number of hydrogen-bond acceptors (Lipinski definition) is 7. The number of halogens is 2. The fourth-order valence-corrected chi connectivity index (χ4v) is 7.63. The summed E-state index contributed by atoms with van der Waals surface area (Å²) in [6, 6.07) is -0.429. The lowest BCUT2D eigenvalue weighted by Gasteiger charge is -2.62. The second-order valence-electron chi connectivity index (χ2n) is 11.3. The number of hydrogen-bond donors (Lipinski definition) is 5. The first-order chi connectivity index (χ1) is 14.9. The minimum Gasteiger partial charge on any atom is -0.389 e. The van der Waals surface area contributed by atoms with E-state index in [4.69, 9.17) is 10.5 Å². The predicted octanol–water partition coefficient (Wildman–Crippen LogP) is 1.20. The van der Waals surface area contributed by atoms with E-state index in [1.165, 1.54) is 38.5 Å². The first kappa shape index (κ1) is 26.8. The molecule has 5 unspecified atom stereocenters. The Balaban J connectivity index is 0.00000153. The van der Waals surface area contributed by atoms with Crippen molar-refractivity contribution < 1.29 is 14.6 Å². The van der Waals surface area contributed by atoms with Crippen LogP contribution in [0.15, 0.2) is 4.99 Å². The van der Waals surface area contributed by atoms with Gasteiger partial charge in [-0.05, 0) is 80.0 Å². The van der Waals surface area contributed by atoms with Crippen molar-refractivity contribution in [2.45, 2.75) is 63.5 Å². The maximum absolute atomic E-state index is 12.7. The highest BCUT2D eigenvalue weighted by molar-refractivity contribution is 5.85. The molecule has 4 saturated carbocycles. The molecule has 1 amide bonds. The highest BCUT2D eigenvalue weighted by Gasteiger charge is 2.57. The highest BCUT2D eigenvalue weighted by Crippen LogP contribution is 2.64. The summed E-state index contributed by atoms with van der Waals surface area (Å²) in [5.74, 6) is 2.80. The molecule has 6 aliphatic rings. The lowest BCUT2D eigenvalue weighted by Crippen LogP contribution is -2.60. The quantitative estimate of drug-likeness (QED) is 0.354. The third kappa shape index (κ3) is 6.07. The van der Waals surface area contributed by atoms with Gasteiger partial charge in [0.05, 0.1) is 18.7 Å². The summed E-state index contributed by atoms with van der Waals surface area (Å²) in [6.45, 7) is 4.26. The van der Waals surface area contributed by atoms with Crippen LogP contribution in [0.25, 0.3) is 0 Å². The smallest absolute Gasteiger partial charge is 0.236 e. The summed E-state index contributed by atoms with van der Waals surface area (Å²) in [5, 5.41) is 19.6. The fraction of sp³-hybridized carbons (Fsp3) is 0.913. The van der Waals surface area contributed by atoms with E-state index in [2.05, 4.69) is 20.9 Å². The molecular weight excluding hydrogens is 465 g/mol. The Morgan fingerprint density at radius 3 is 2.52 bits per heavy atom. The van der Waals surface area contributed by atoms with E-state index >= 15 is 0 Å². The van der Waals surface area contributed by atoms with E-state index in [-0.39, 0.29) is 42.2 Å². The van der Waals surface area contributed by atoms with Gasteiger partial charge in [0.15, 0.2) is 5.96 Å². The zero-order valence-electron chi connectivity index (χ0n) is 19.4. The van der Waals surface area contributed by atoms with E-state index in [1.807, 2.05) is 0 Å². The maximum Gasteiger partial charge on any atom is 0.236 e. The van der Waals surface area contributed by atoms with Gasteiger partial charge < -0.3 is 31.5 Å². The van der Waals surface area contributed by atoms with Crippen molar-refractivity contribution in [3.63, 3.8) is 0 Å². The zero-order chi connectivity index (χ0) is 21.5. The average molecular weight is 507 g/mol. The molecule has 5 atom stereocenters. The number of carbonyl (C=O) groups is 1. The van der Waals surface area contributed by atoms with Gasteiger partial charge in [-0.15, -0.1) is 24.8 Å². The Morgan fingerprint density at radius 2 is 1.91 bits per heavy atom. The molecule has 0 aromatic rings. The van der Waals surface area contributed by atoms with Crippen LogP contribution < -0.4 is 21.7 Å². The predicted molar refractivity (Wildman–Crippen MR) is 133 cm³/mol. The molecule has 8 nitrogen and oxygen atoms in total. The average Bonchev–Trinajstić information content (AvgIpc) is 3.24. The van der Waals surface area contributed by atoms with Crippen LogP contribution in [0.2, 0.25) is 0 Å². The highest BCUT2D eigenvalue weighted by atomic mass is 35.5. The SMILES string of the molecule is Cl.Cl.NC(CC1CCOC1)C(=O)NCC12CC3CC(C1)CC(CNC1=NCC(O)CN1)(C3)C2. The van der Waals surface area contributed by atoms with Crippen LogP contribution in [-0.4, -0.2) is 68.5 Å². The molecule has 5 fully saturated rings. The minimum absolute atomic E-state index is 0. The van der Waals surface area contributed by atoms with Gasteiger partial charge in [-0.3, -0.25) is 9.79 Å². The number of carbonyl (C=O) groups excluding carboxylic acids is 1. The van der Waals surface area contributed by atoms with Crippen molar-refractivity contribution in [2.75, 3.05) is 39.4 Å². The molecule has 1 saturated heterocycles. The number of nitrogens with one attached hydrogen (secondary N) is 3. The molecular formula is C23H41Cl2N5O3. The van der Waals surface area contributed by atoms with Crippen molar-refractivity contribution >= 4 is 36.7 Å². The van der Waals surface area contributed by atoms with E-state index in [0.29, 0.717) is 24.4 Å². The molecule has 190 valence electrons. The van der Waals surface area contributed by atoms with E-state index in [0.717, 1.165) is 56.9 Å². The third-order valence-electron chi connectivity index (χ3n) is 8.49. The number of aliphatic hydroxyl groups is 1. The molecule has 2 heterocycles. The Hall–Kier alpha value is -0.800. The minimum atomic E-state index is -0.429. The summed E-state index contributed by atoms with van der Waals surface area (Å²) in [5.41, 5.74) is 6.73. The number of aliphatic hydroxyl groups excluding tert-OH is 1. The molecule has 4 bridgehead atoms. The number of nitrogens with zero attached hydrogens (tertiary/aromatic N) is 1. The van der Waals surface area contributed by atoms with E-state index < -0.39 is 6.04 Å². The summed E-state index contributed by atoms with van der Waals surface area (Å²) in [6.07, 6.45) is 8.92. The lowest BCUT2D eigenvalue weighted by molar-refractivity contribution is -0.128. The van der Waals surface area contributed by atoms with Gasteiger partial charge in [0.1, 0.15) is 0 Å². The second kappa shape index (κ2) is 10.9. The Kier molecular flexibility index (Phi) is 8.82. The molecule has 2 aliphatic heterocycles. The number of amides is 1. The van der Waals surface area contributed by atoms with Gasteiger partial charge in [-0.25, -0.2) is 0 Å².